The SMILES string of the molecule is CCNCCC(=O)Nc1cccc(OC(F)F)c1. The van der Waals surface area contributed by atoms with E-state index in [-0.39, 0.29) is 11.7 Å². The van der Waals surface area contributed by atoms with E-state index >= 15 is 0 Å². The number of carbonyl (C=O) groups is 1. The Labute approximate surface area is 104 Å². The Morgan fingerprint density at radius 3 is 2.89 bits per heavy atom. The van der Waals surface area contributed by atoms with Gasteiger partial charge in [-0.3, -0.25) is 4.79 Å². The number of hydrogen-bond acceptors (Lipinski definition) is 3. The molecular weight excluding hydrogens is 242 g/mol. The third-order valence-corrected chi connectivity index (χ3v) is 2.12. The van der Waals surface area contributed by atoms with Crippen LogP contribution in [0.25, 0.3) is 0 Å². The second-order valence-corrected chi connectivity index (χ2v) is 3.56. The first-order valence-electron chi connectivity index (χ1n) is 5.67. The van der Waals surface area contributed by atoms with E-state index in [0.29, 0.717) is 18.7 Å². The maximum atomic E-state index is 12.0. The van der Waals surface area contributed by atoms with Crippen molar-refractivity contribution in [1.82, 2.24) is 5.32 Å². The van der Waals surface area contributed by atoms with Crippen LogP contribution in [0.4, 0.5) is 14.5 Å². The fourth-order valence-corrected chi connectivity index (χ4v) is 1.35. The van der Waals surface area contributed by atoms with Crippen LogP contribution in [-0.2, 0) is 4.79 Å². The van der Waals surface area contributed by atoms with Gasteiger partial charge in [-0.2, -0.15) is 8.78 Å². The zero-order chi connectivity index (χ0) is 13.4. The maximum Gasteiger partial charge on any atom is 0.387 e. The van der Waals surface area contributed by atoms with Crippen molar-refractivity contribution in [1.29, 1.82) is 0 Å². The number of alkyl halides is 2. The van der Waals surface area contributed by atoms with Gasteiger partial charge in [0, 0.05) is 24.7 Å². The summed E-state index contributed by atoms with van der Waals surface area (Å²) in [6.07, 6.45) is 0.327. The molecule has 4 nitrogen and oxygen atoms in total. The van der Waals surface area contributed by atoms with E-state index in [1.54, 1.807) is 6.07 Å². The van der Waals surface area contributed by atoms with Gasteiger partial charge >= 0.3 is 6.61 Å². The summed E-state index contributed by atoms with van der Waals surface area (Å²) in [5.41, 5.74) is 0.439. The molecule has 0 heterocycles. The summed E-state index contributed by atoms with van der Waals surface area (Å²) < 4.78 is 28.2. The molecule has 0 saturated carbocycles. The Morgan fingerprint density at radius 1 is 1.44 bits per heavy atom. The first kappa shape index (κ1) is 14.4. The van der Waals surface area contributed by atoms with E-state index in [4.69, 9.17) is 0 Å². The van der Waals surface area contributed by atoms with E-state index in [1.807, 2.05) is 6.92 Å². The summed E-state index contributed by atoms with van der Waals surface area (Å²) in [6.45, 7) is 0.452. The van der Waals surface area contributed by atoms with Crippen molar-refractivity contribution in [2.24, 2.45) is 0 Å². The van der Waals surface area contributed by atoms with Crippen LogP contribution in [0.2, 0.25) is 0 Å². The van der Waals surface area contributed by atoms with Gasteiger partial charge in [-0.15, -0.1) is 0 Å². The molecule has 0 bridgehead atoms. The number of benzene rings is 1. The maximum absolute atomic E-state index is 12.0. The molecule has 1 rings (SSSR count). The quantitative estimate of drug-likeness (QED) is 0.737. The lowest BCUT2D eigenvalue weighted by atomic mass is 10.3. The average Bonchev–Trinajstić information content (AvgIpc) is 2.28. The number of ether oxygens (including phenoxy) is 1. The number of halogens is 2. The highest BCUT2D eigenvalue weighted by atomic mass is 19.3. The molecule has 0 spiro atoms. The molecule has 1 aromatic carbocycles. The summed E-state index contributed by atoms with van der Waals surface area (Å²) in [6, 6.07) is 5.92. The molecule has 0 radical (unpaired) electrons. The summed E-state index contributed by atoms with van der Waals surface area (Å²) in [7, 11) is 0. The zero-order valence-corrected chi connectivity index (χ0v) is 10.1. The molecule has 18 heavy (non-hydrogen) atoms. The highest BCUT2D eigenvalue weighted by Gasteiger charge is 2.06. The van der Waals surface area contributed by atoms with Crippen molar-refractivity contribution in [3.8, 4) is 5.75 Å². The zero-order valence-electron chi connectivity index (χ0n) is 10.1. The average molecular weight is 258 g/mol. The smallest absolute Gasteiger partial charge is 0.387 e. The number of amides is 1. The van der Waals surface area contributed by atoms with E-state index in [0.717, 1.165) is 6.54 Å². The monoisotopic (exact) mass is 258 g/mol. The van der Waals surface area contributed by atoms with Gasteiger partial charge in [-0.25, -0.2) is 0 Å². The minimum absolute atomic E-state index is 0.0227. The molecular formula is C12H16F2N2O2. The van der Waals surface area contributed by atoms with Crippen LogP contribution in [0.5, 0.6) is 5.75 Å². The fourth-order valence-electron chi connectivity index (χ4n) is 1.35. The van der Waals surface area contributed by atoms with Gasteiger partial charge in [-0.1, -0.05) is 13.0 Å². The first-order valence-corrected chi connectivity index (χ1v) is 5.67. The van der Waals surface area contributed by atoms with Crippen LogP contribution in [-0.4, -0.2) is 25.6 Å². The molecule has 1 aromatic rings. The predicted molar refractivity (Wildman–Crippen MR) is 64.9 cm³/mol. The second-order valence-electron chi connectivity index (χ2n) is 3.56. The normalized spacial score (nSPS) is 10.4. The Morgan fingerprint density at radius 2 is 2.22 bits per heavy atom. The molecule has 0 saturated heterocycles. The van der Waals surface area contributed by atoms with Crippen molar-refractivity contribution in [3.05, 3.63) is 24.3 Å². The second kappa shape index (κ2) is 7.60. The van der Waals surface area contributed by atoms with E-state index in [9.17, 15) is 13.6 Å². The first-order chi connectivity index (χ1) is 8.61. The molecule has 0 aliphatic heterocycles. The van der Waals surface area contributed by atoms with Crippen molar-refractivity contribution in [3.63, 3.8) is 0 Å². The van der Waals surface area contributed by atoms with Gasteiger partial charge in [0.05, 0.1) is 0 Å². The lowest BCUT2D eigenvalue weighted by Gasteiger charge is -2.08. The van der Waals surface area contributed by atoms with Gasteiger partial charge in [0.15, 0.2) is 0 Å². The fraction of sp³-hybridized carbons (Fsp3) is 0.417. The molecule has 0 atom stereocenters. The van der Waals surface area contributed by atoms with Crippen molar-refractivity contribution < 1.29 is 18.3 Å². The lowest BCUT2D eigenvalue weighted by Crippen LogP contribution is -2.21. The van der Waals surface area contributed by atoms with Crippen molar-refractivity contribution in [2.45, 2.75) is 20.0 Å². The molecule has 1 amide bonds. The predicted octanol–water partition coefficient (Wildman–Crippen LogP) is 2.23. The third-order valence-electron chi connectivity index (χ3n) is 2.12. The topological polar surface area (TPSA) is 50.4 Å². The molecule has 0 aromatic heterocycles. The van der Waals surface area contributed by atoms with Gasteiger partial charge in [0.25, 0.3) is 0 Å². The van der Waals surface area contributed by atoms with Crippen molar-refractivity contribution >= 4 is 11.6 Å². The highest BCUT2D eigenvalue weighted by molar-refractivity contribution is 5.90. The van der Waals surface area contributed by atoms with Gasteiger partial charge in [0.1, 0.15) is 5.75 Å². The largest absolute Gasteiger partial charge is 0.435 e. The molecule has 100 valence electrons. The van der Waals surface area contributed by atoms with Crippen LogP contribution in [0.3, 0.4) is 0 Å². The summed E-state index contributed by atoms with van der Waals surface area (Å²) in [5, 5.41) is 5.63. The summed E-state index contributed by atoms with van der Waals surface area (Å²) in [4.78, 5) is 11.5. The number of carbonyl (C=O) groups excluding carboxylic acids is 1. The number of rotatable bonds is 7. The Hall–Kier alpha value is -1.69. The van der Waals surface area contributed by atoms with Gasteiger partial charge < -0.3 is 15.4 Å². The van der Waals surface area contributed by atoms with Crippen LogP contribution in [0.15, 0.2) is 24.3 Å². The summed E-state index contributed by atoms with van der Waals surface area (Å²) in [5.74, 6) is -0.153. The molecule has 2 N–H and O–H groups in total. The molecule has 0 fully saturated rings. The van der Waals surface area contributed by atoms with Crippen LogP contribution in [0.1, 0.15) is 13.3 Å². The molecule has 0 unspecified atom stereocenters. The molecule has 0 aliphatic rings. The van der Waals surface area contributed by atoms with Gasteiger partial charge in [-0.05, 0) is 18.7 Å². The molecule has 6 heteroatoms. The van der Waals surface area contributed by atoms with Crippen LogP contribution in [0, 0.1) is 0 Å². The minimum atomic E-state index is -2.87. The number of anilines is 1. The lowest BCUT2D eigenvalue weighted by molar-refractivity contribution is -0.116. The van der Waals surface area contributed by atoms with Crippen LogP contribution >= 0.6 is 0 Å². The minimum Gasteiger partial charge on any atom is -0.435 e. The van der Waals surface area contributed by atoms with E-state index in [2.05, 4.69) is 15.4 Å². The Balaban J connectivity index is 2.48. The van der Waals surface area contributed by atoms with E-state index < -0.39 is 6.61 Å². The molecule has 0 aliphatic carbocycles. The van der Waals surface area contributed by atoms with Crippen LogP contribution < -0.4 is 15.4 Å². The number of nitrogens with one attached hydrogen (secondary N) is 2. The standard InChI is InChI=1S/C12H16F2N2O2/c1-2-15-7-6-11(17)16-9-4-3-5-10(8-9)18-12(13)14/h3-5,8,12,15H,2,6-7H2,1H3,(H,16,17). The van der Waals surface area contributed by atoms with Gasteiger partial charge in [0.2, 0.25) is 5.91 Å². The Bertz CT molecular complexity index is 386. The third kappa shape index (κ3) is 5.58. The highest BCUT2D eigenvalue weighted by Crippen LogP contribution is 2.19. The van der Waals surface area contributed by atoms with E-state index in [1.165, 1.54) is 18.2 Å². The van der Waals surface area contributed by atoms with Crippen molar-refractivity contribution in [2.75, 3.05) is 18.4 Å². The summed E-state index contributed by atoms with van der Waals surface area (Å²) >= 11 is 0. The number of hydrogen-bond donors (Lipinski definition) is 2. The Kier molecular flexibility index (Phi) is 6.07.